The van der Waals surface area contributed by atoms with Gasteiger partial charge in [-0.15, -0.1) is 0 Å². The zero-order chi connectivity index (χ0) is 15.4. The highest BCUT2D eigenvalue weighted by Gasteiger charge is 2.11. The summed E-state index contributed by atoms with van der Waals surface area (Å²) < 4.78 is 24.0. The second kappa shape index (κ2) is 6.91. The third-order valence-electron chi connectivity index (χ3n) is 2.73. The Balaban J connectivity index is 2.06. The van der Waals surface area contributed by atoms with Crippen LogP contribution in [-0.2, 0) is 0 Å². The summed E-state index contributed by atoms with van der Waals surface area (Å²) >= 11 is 9.13. The maximum Gasteiger partial charge on any atom is 0.200 e. The Morgan fingerprint density at radius 2 is 1.95 bits per heavy atom. The highest BCUT2D eigenvalue weighted by molar-refractivity contribution is 9.10. The summed E-state index contributed by atoms with van der Waals surface area (Å²) in [4.78, 5) is 12.0. The number of carbonyl (C=O) groups is 1. The minimum absolute atomic E-state index is 0.124. The van der Waals surface area contributed by atoms with E-state index < -0.39 is 5.82 Å². The van der Waals surface area contributed by atoms with Crippen molar-refractivity contribution in [3.8, 4) is 11.5 Å². The predicted octanol–water partition coefficient (Wildman–Crippen LogP) is 4.51. The molecule has 0 aromatic heterocycles. The first-order valence-electron chi connectivity index (χ1n) is 5.96. The number of Topliss-reactive ketones (excluding diaryl/α,β-unsaturated/α-hetero) is 1. The van der Waals surface area contributed by atoms with Crippen LogP contribution in [-0.4, -0.2) is 19.5 Å². The highest BCUT2D eigenvalue weighted by Crippen LogP contribution is 2.27. The molecular formula is C15H11BrClFO3. The van der Waals surface area contributed by atoms with E-state index in [1.807, 2.05) is 0 Å². The molecule has 0 atom stereocenters. The van der Waals surface area contributed by atoms with Gasteiger partial charge in [0.2, 0.25) is 0 Å². The molecule has 0 radical (unpaired) electrons. The van der Waals surface area contributed by atoms with Gasteiger partial charge < -0.3 is 9.47 Å². The van der Waals surface area contributed by atoms with E-state index >= 15 is 0 Å². The average molecular weight is 374 g/mol. The third-order valence-corrected chi connectivity index (χ3v) is 3.64. The summed E-state index contributed by atoms with van der Waals surface area (Å²) in [5.74, 6) is 0.213. The fraction of sp³-hybridized carbons (Fsp3) is 0.133. The van der Waals surface area contributed by atoms with Gasteiger partial charge in [0.15, 0.2) is 12.4 Å². The van der Waals surface area contributed by atoms with Crippen molar-refractivity contribution in [1.29, 1.82) is 0 Å². The van der Waals surface area contributed by atoms with E-state index in [-0.39, 0.29) is 23.2 Å². The molecule has 0 spiro atoms. The minimum Gasteiger partial charge on any atom is -0.496 e. The standard InChI is InChI=1S/C15H11BrClFO3/c1-20-14-4-2-9(6-11(14)16)13(19)8-21-15-5-3-10(18)7-12(15)17/h2-7H,8H2,1H3. The maximum atomic E-state index is 12.9. The van der Waals surface area contributed by atoms with E-state index in [0.29, 0.717) is 15.8 Å². The van der Waals surface area contributed by atoms with Crippen molar-refractivity contribution >= 4 is 33.3 Å². The SMILES string of the molecule is COc1ccc(C(=O)COc2ccc(F)cc2Cl)cc1Br. The summed E-state index contributed by atoms with van der Waals surface area (Å²) in [6.45, 7) is -0.190. The Morgan fingerprint density at radius 3 is 2.57 bits per heavy atom. The Kier molecular flexibility index (Phi) is 5.20. The molecule has 0 saturated heterocycles. The molecule has 0 saturated carbocycles. The van der Waals surface area contributed by atoms with Crippen LogP contribution >= 0.6 is 27.5 Å². The van der Waals surface area contributed by atoms with Gasteiger partial charge in [0.1, 0.15) is 17.3 Å². The van der Waals surface area contributed by atoms with Crippen LogP contribution in [0.5, 0.6) is 11.5 Å². The first-order chi connectivity index (χ1) is 10.0. The Morgan fingerprint density at radius 1 is 1.24 bits per heavy atom. The van der Waals surface area contributed by atoms with Gasteiger partial charge in [-0.1, -0.05) is 11.6 Å². The van der Waals surface area contributed by atoms with Gasteiger partial charge in [-0.2, -0.15) is 0 Å². The number of hydrogen-bond acceptors (Lipinski definition) is 3. The lowest BCUT2D eigenvalue weighted by Gasteiger charge is -2.08. The molecule has 0 aliphatic rings. The molecule has 2 rings (SSSR count). The Hall–Kier alpha value is -1.59. The number of hydrogen-bond donors (Lipinski definition) is 0. The van der Waals surface area contributed by atoms with Gasteiger partial charge >= 0.3 is 0 Å². The average Bonchev–Trinajstić information content (AvgIpc) is 2.46. The van der Waals surface area contributed by atoms with Gasteiger partial charge in [-0.3, -0.25) is 4.79 Å². The fourth-order valence-electron chi connectivity index (χ4n) is 1.66. The second-order valence-corrected chi connectivity index (χ2v) is 5.40. The molecule has 0 aliphatic carbocycles. The van der Waals surface area contributed by atoms with Crippen LogP contribution in [0.2, 0.25) is 5.02 Å². The minimum atomic E-state index is -0.460. The lowest BCUT2D eigenvalue weighted by atomic mass is 10.1. The molecular weight excluding hydrogens is 363 g/mol. The van der Waals surface area contributed by atoms with Gasteiger partial charge in [-0.25, -0.2) is 4.39 Å². The van der Waals surface area contributed by atoms with Crippen LogP contribution < -0.4 is 9.47 Å². The van der Waals surface area contributed by atoms with E-state index in [2.05, 4.69) is 15.9 Å². The fourth-order valence-corrected chi connectivity index (χ4v) is 2.42. The zero-order valence-corrected chi connectivity index (χ0v) is 13.4. The normalized spacial score (nSPS) is 10.3. The first-order valence-corrected chi connectivity index (χ1v) is 7.13. The molecule has 0 N–H and O–H groups in total. The lowest BCUT2D eigenvalue weighted by molar-refractivity contribution is 0.0921. The van der Waals surface area contributed by atoms with E-state index in [9.17, 15) is 9.18 Å². The summed E-state index contributed by atoms with van der Waals surface area (Å²) in [6.07, 6.45) is 0. The molecule has 0 heterocycles. The molecule has 0 unspecified atom stereocenters. The van der Waals surface area contributed by atoms with Crippen LogP contribution in [0.3, 0.4) is 0 Å². The van der Waals surface area contributed by atoms with E-state index in [1.165, 1.54) is 12.1 Å². The number of benzene rings is 2. The molecule has 0 fully saturated rings. The number of halogens is 3. The Labute approximate surface area is 134 Å². The predicted molar refractivity (Wildman–Crippen MR) is 81.9 cm³/mol. The van der Waals surface area contributed by atoms with Crippen molar-refractivity contribution in [3.05, 3.63) is 57.3 Å². The van der Waals surface area contributed by atoms with Crippen LogP contribution in [0.15, 0.2) is 40.9 Å². The van der Waals surface area contributed by atoms with Crippen LogP contribution in [0.4, 0.5) is 4.39 Å². The van der Waals surface area contributed by atoms with Crippen molar-refractivity contribution in [1.82, 2.24) is 0 Å². The van der Waals surface area contributed by atoms with Crippen molar-refractivity contribution < 1.29 is 18.7 Å². The van der Waals surface area contributed by atoms with Gasteiger partial charge in [0.25, 0.3) is 0 Å². The summed E-state index contributed by atoms with van der Waals surface area (Å²) in [7, 11) is 1.54. The molecule has 2 aromatic rings. The number of ketones is 1. The molecule has 0 amide bonds. The topological polar surface area (TPSA) is 35.5 Å². The van der Waals surface area contributed by atoms with Gasteiger partial charge in [0.05, 0.1) is 16.6 Å². The maximum absolute atomic E-state index is 12.9. The monoisotopic (exact) mass is 372 g/mol. The van der Waals surface area contributed by atoms with Gasteiger partial charge in [0, 0.05) is 5.56 Å². The van der Waals surface area contributed by atoms with E-state index in [1.54, 1.807) is 25.3 Å². The molecule has 110 valence electrons. The van der Waals surface area contributed by atoms with Crippen molar-refractivity contribution in [2.75, 3.05) is 13.7 Å². The summed E-state index contributed by atoms with van der Waals surface area (Å²) in [6, 6.07) is 8.70. The number of carbonyl (C=O) groups excluding carboxylic acids is 1. The van der Waals surface area contributed by atoms with Gasteiger partial charge in [-0.05, 0) is 52.3 Å². The number of methoxy groups -OCH3 is 1. The molecule has 0 aliphatic heterocycles. The smallest absolute Gasteiger partial charge is 0.200 e. The first kappa shape index (κ1) is 15.8. The molecule has 3 nitrogen and oxygen atoms in total. The zero-order valence-electron chi connectivity index (χ0n) is 11.0. The highest BCUT2D eigenvalue weighted by atomic mass is 79.9. The molecule has 0 bridgehead atoms. The largest absolute Gasteiger partial charge is 0.496 e. The van der Waals surface area contributed by atoms with Crippen LogP contribution in [0.1, 0.15) is 10.4 Å². The van der Waals surface area contributed by atoms with Crippen molar-refractivity contribution in [2.24, 2.45) is 0 Å². The van der Waals surface area contributed by atoms with Crippen molar-refractivity contribution in [2.45, 2.75) is 0 Å². The molecule has 2 aromatic carbocycles. The second-order valence-electron chi connectivity index (χ2n) is 4.14. The third kappa shape index (κ3) is 3.95. The summed E-state index contributed by atoms with van der Waals surface area (Å²) in [5.41, 5.74) is 0.473. The Bertz CT molecular complexity index is 676. The lowest BCUT2D eigenvalue weighted by Crippen LogP contribution is -2.12. The van der Waals surface area contributed by atoms with Crippen molar-refractivity contribution in [3.63, 3.8) is 0 Å². The van der Waals surface area contributed by atoms with Crippen LogP contribution in [0, 0.1) is 5.82 Å². The number of ether oxygens (including phenoxy) is 2. The quantitative estimate of drug-likeness (QED) is 0.723. The van der Waals surface area contributed by atoms with E-state index in [4.69, 9.17) is 21.1 Å². The molecule has 6 heteroatoms. The summed E-state index contributed by atoms with van der Waals surface area (Å²) in [5, 5.41) is 0.124. The molecule has 21 heavy (non-hydrogen) atoms. The van der Waals surface area contributed by atoms with Crippen LogP contribution in [0.25, 0.3) is 0 Å². The van der Waals surface area contributed by atoms with E-state index in [0.717, 1.165) is 6.07 Å². The number of rotatable bonds is 5.